The number of rotatable bonds is 2. The van der Waals surface area contributed by atoms with Gasteiger partial charge in [-0.2, -0.15) is 0 Å². The molecule has 3 rings (SSSR count). The summed E-state index contributed by atoms with van der Waals surface area (Å²) in [5.74, 6) is 0.599. The van der Waals surface area contributed by atoms with Gasteiger partial charge in [0.2, 0.25) is 0 Å². The van der Waals surface area contributed by atoms with Gasteiger partial charge in [-0.3, -0.25) is 0 Å². The van der Waals surface area contributed by atoms with Gasteiger partial charge in [0.05, 0.1) is 5.69 Å². The van der Waals surface area contributed by atoms with Gasteiger partial charge in [0.15, 0.2) is 0 Å². The molecular weight excluding hydrogens is 262 g/mol. The van der Waals surface area contributed by atoms with E-state index >= 15 is 0 Å². The fraction of sp³-hybridized carbons (Fsp3) is 0.353. The predicted octanol–water partition coefficient (Wildman–Crippen LogP) is 2.96. The summed E-state index contributed by atoms with van der Waals surface area (Å²) in [5, 5.41) is 11.5. The predicted molar refractivity (Wildman–Crippen MR) is 86.5 cm³/mol. The standard InChI is InChI=1S/C17H21N3O/c1-12-9-14(11-18-10-12)19-17(21)20-16-8-4-6-13-5-2-3-7-15(13)16/h2-8,12,14,18H,9-11H2,1H3,(H2,19,20,21). The van der Waals surface area contributed by atoms with Crippen LogP contribution < -0.4 is 16.0 Å². The molecule has 2 amide bonds. The monoisotopic (exact) mass is 283 g/mol. The van der Waals surface area contributed by atoms with Crippen molar-refractivity contribution in [2.45, 2.75) is 19.4 Å². The first-order chi connectivity index (χ1) is 10.2. The largest absolute Gasteiger partial charge is 0.334 e. The molecule has 2 aromatic rings. The zero-order chi connectivity index (χ0) is 14.7. The highest BCUT2D eigenvalue weighted by Crippen LogP contribution is 2.22. The van der Waals surface area contributed by atoms with Crippen LogP contribution in [0.15, 0.2) is 42.5 Å². The number of hydrogen-bond donors (Lipinski definition) is 3. The van der Waals surface area contributed by atoms with Crippen LogP contribution in [-0.2, 0) is 0 Å². The minimum atomic E-state index is -0.132. The Bertz CT molecular complexity index is 635. The molecule has 110 valence electrons. The van der Waals surface area contributed by atoms with Gasteiger partial charge in [-0.25, -0.2) is 4.79 Å². The van der Waals surface area contributed by atoms with Crippen molar-refractivity contribution < 1.29 is 4.79 Å². The second-order valence-corrected chi connectivity index (χ2v) is 5.82. The zero-order valence-corrected chi connectivity index (χ0v) is 12.2. The first kappa shape index (κ1) is 13.9. The van der Waals surface area contributed by atoms with Gasteiger partial charge >= 0.3 is 6.03 Å². The second kappa shape index (κ2) is 6.14. The van der Waals surface area contributed by atoms with Crippen LogP contribution in [0.3, 0.4) is 0 Å². The van der Waals surface area contributed by atoms with E-state index in [0.29, 0.717) is 5.92 Å². The van der Waals surface area contributed by atoms with E-state index in [9.17, 15) is 4.79 Å². The maximum Gasteiger partial charge on any atom is 0.319 e. The number of carbonyl (C=O) groups is 1. The van der Waals surface area contributed by atoms with E-state index in [-0.39, 0.29) is 12.1 Å². The Kier molecular flexibility index (Phi) is 4.06. The molecule has 0 aromatic heterocycles. The number of urea groups is 1. The lowest BCUT2D eigenvalue weighted by atomic mass is 9.98. The molecular formula is C17H21N3O. The van der Waals surface area contributed by atoms with E-state index in [1.807, 2.05) is 42.5 Å². The number of hydrogen-bond acceptors (Lipinski definition) is 2. The van der Waals surface area contributed by atoms with E-state index in [2.05, 4.69) is 22.9 Å². The van der Waals surface area contributed by atoms with Crippen LogP contribution in [0.5, 0.6) is 0 Å². The van der Waals surface area contributed by atoms with Gasteiger partial charge in [-0.15, -0.1) is 0 Å². The number of amides is 2. The van der Waals surface area contributed by atoms with Crippen molar-refractivity contribution in [2.24, 2.45) is 5.92 Å². The molecule has 2 unspecified atom stereocenters. The minimum Gasteiger partial charge on any atom is -0.334 e. The average molecular weight is 283 g/mol. The molecule has 0 radical (unpaired) electrons. The molecule has 4 heteroatoms. The molecule has 1 saturated heterocycles. The molecule has 0 bridgehead atoms. The van der Waals surface area contributed by atoms with E-state index in [1.54, 1.807) is 0 Å². The van der Waals surface area contributed by atoms with E-state index in [1.165, 1.54) is 0 Å². The molecule has 1 fully saturated rings. The van der Waals surface area contributed by atoms with E-state index in [0.717, 1.165) is 36.0 Å². The molecule has 1 aliphatic heterocycles. The smallest absolute Gasteiger partial charge is 0.319 e. The normalized spacial score (nSPS) is 22.0. The molecule has 4 nitrogen and oxygen atoms in total. The quantitative estimate of drug-likeness (QED) is 0.793. The first-order valence-corrected chi connectivity index (χ1v) is 7.48. The average Bonchev–Trinajstić information content (AvgIpc) is 2.47. The van der Waals surface area contributed by atoms with Crippen LogP contribution in [0, 0.1) is 5.92 Å². The Balaban J connectivity index is 1.69. The second-order valence-electron chi connectivity index (χ2n) is 5.82. The fourth-order valence-corrected chi connectivity index (χ4v) is 2.94. The Morgan fingerprint density at radius 1 is 1.14 bits per heavy atom. The Labute approximate surface area is 124 Å². The van der Waals surface area contributed by atoms with Crippen molar-refractivity contribution in [2.75, 3.05) is 18.4 Å². The lowest BCUT2D eigenvalue weighted by Crippen LogP contribution is -2.49. The molecule has 1 heterocycles. The van der Waals surface area contributed by atoms with Gasteiger partial charge in [0.25, 0.3) is 0 Å². The van der Waals surface area contributed by atoms with Gasteiger partial charge in [-0.1, -0.05) is 43.3 Å². The Hall–Kier alpha value is -2.07. The van der Waals surface area contributed by atoms with Gasteiger partial charge in [-0.05, 0) is 30.3 Å². The minimum absolute atomic E-state index is 0.132. The first-order valence-electron chi connectivity index (χ1n) is 7.48. The highest BCUT2D eigenvalue weighted by atomic mass is 16.2. The van der Waals surface area contributed by atoms with Crippen molar-refractivity contribution in [1.29, 1.82) is 0 Å². The van der Waals surface area contributed by atoms with Crippen molar-refractivity contribution in [3.63, 3.8) is 0 Å². The molecule has 21 heavy (non-hydrogen) atoms. The summed E-state index contributed by atoms with van der Waals surface area (Å²) in [5.41, 5.74) is 0.849. The lowest BCUT2D eigenvalue weighted by Gasteiger charge is -2.28. The number of nitrogens with one attached hydrogen (secondary N) is 3. The third-order valence-corrected chi connectivity index (χ3v) is 3.94. The van der Waals surface area contributed by atoms with Crippen LogP contribution in [0.25, 0.3) is 10.8 Å². The Morgan fingerprint density at radius 3 is 2.81 bits per heavy atom. The summed E-state index contributed by atoms with van der Waals surface area (Å²) in [7, 11) is 0. The molecule has 2 atom stereocenters. The number of benzene rings is 2. The summed E-state index contributed by atoms with van der Waals surface area (Å²) < 4.78 is 0. The van der Waals surface area contributed by atoms with Gasteiger partial charge < -0.3 is 16.0 Å². The van der Waals surface area contributed by atoms with E-state index in [4.69, 9.17) is 0 Å². The topological polar surface area (TPSA) is 53.2 Å². The van der Waals surface area contributed by atoms with Crippen LogP contribution in [0.1, 0.15) is 13.3 Å². The molecule has 0 saturated carbocycles. The molecule has 0 spiro atoms. The van der Waals surface area contributed by atoms with Crippen molar-refractivity contribution in [3.05, 3.63) is 42.5 Å². The maximum atomic E-state index is 12.2. The summed E-state index contributed by atoms with van der Waals surface area (Å²) in [6.45, 7) is 4.07. The molecule has 2 aromatic carbocycles. The molecule has 0 aliphatic carbocycles. The van der Waals surface area contributed by atoms with Crippen molar-refractivity contribution in [3.8, 4) is 0 Å². The summed E-state index contributed by atoms with van der Waals surface area (Å²) in [6.07, 6.45) is 1.02. The number of anilines is 1. The highest BCUT2D eigenvalue weighted by molar-refractivity contribution is 6.01. The third kappa shape index (κ3) is 3.34. The zero-order valence-electron chi connectivity index (χ0n) is 12.2. The maximum absolute atomic E-state index is 12.2. The molecule has 1 aliphatic rings. The Morgan fingerprint density at radius 2 is 1.95 bits per heavy atom. The van der Waals surface area contributed by atoms with Gasteiger partial charge in [0.1, 0.15) is 0 Å². The van der Waals surface area contributed by atoms with E-state index < -0.39 is 0 Å². The third-order valence-electron chi connectivity index (χ3n) is 3.94. The number of piperidine rings is 1. The fourth-order valence-electron chi connectivity index (χ4n) is 2.94. The number of carbonyl (C=O) groups excluding carboxylic acids is 1. The van der Waals surface area contributed by atoms with Crippen LogP contribution in [-0.4, -0.2) is 25.2 Å². The van der Waals surface area contributed by atoms with Gasteiger partial charge in [0, 0.05) is 18.0 Å². The number of fused-ring (bicyclic) bond motifs is 1. The summed E-state index contributed by atoms with van der Waals surface area (Å²) in [6, 6.07) is 14.1. The molecule has 3 N–H and O–H groups in total. The summed E-state index contributed by atoms with van der Waals surface area (Å²) >= 11 is 0. The summed E-state index contributed by atoms with van der Waals surface area (Å²) in [4.78, 5) is 12.2. The van der Waals surface area contributed by atoms with Crippen LogP contribution >= 0.6 is 0 Å². The van der Waals surface area contributed by atoms with Crippen LogP contribution in [0.2, 0.25) is 0 Å². The highest BCUT2D eigenvalue weighted by Gasteiger charge is 2.20. The van der Waals surface area contributed by atoms with Crippen molar-refractivity contribution in [1.82, 2.24) is 10.6 Å². The SMILES string of the molecule is CC1CNCC(NC(=O)Nc2cccc3ccccc23)C1. The van der Waals surface area contributed by atoms with Crippen molar-refractivity contribution >= 4 is 22.5 Å². The van der Waals surface area contributed by atoms with Crippen LogP contribution in [0.4, 0.5) is 10.5 Å². The lowest BCUT2D eigenvalue weighted by molar-refractivity contribution is 0.241.